The van der Waals surface area contributed by atoms with Crippen molar-refractivity contribution in [1.29, 1.82) is 0 Å². The van der Waals surface area contributed by atoms with E-state index >= 15 is 0 Å². The summed E-state index contributed by atoms with van der Waals surface area (Å²) < 4.78 is 2.00. The van der Waals surface area contributed by atoms with Crippen LogP contribution in [0.25, 0.3) is 0 Å². The molecule has 1 saturated heterocycles. The quantitative estimate of drug-likeness (QED) is 0.799. The van der Waals surface area contributed by atoms with Crippen LogP contribution in [-0.4, -0.2) is 34.3 Å². The van der Waals surface area contributed by atoms with Crippen molar-refractivity contribution >= 4 is 5.82 Å². The van der Waals surface area contributed by atoms with E-state index in [4.69, 9.17) is 5.73 Å². The molecule has 1 aliphatic rings. The molecule has 0 bridgehead atoms. The van der Waals surface area contributed by atoms with E-state index in [-0.39, 0.29) is 0 Å². The van der Waals surface area contributed by atoms with Gasteiger partial charge in [-0.05, 0) is 26.3 Å². The maximum Gasteiger partial charge on any atom is 0.122 e. The standard InChI is InChI=1S/C11H20N4/c1-3-14-6-4-10(5-7-14)15-11(12)8-9(2)13-15/h8,10H,3-7,12H2,1-2H3. The van der Waals surface area contributed by atoms with E-state index < -0.39 is 0 Å². The zero-order valence-corrected chi connectivity index (χ0v) is 9.61. The predicted octanol–water partition coefficient (Wildman–Crippen LogP) is 1.43. The van der Waals surface area contributed by atoms with Gasteiger partial charge in [0.1, 0.15) is 5.82 Å². The van der Waals surface area contributed by atoms with Crippen LogP contribution in [0.4, 0.5) is 5.82 Å². The highest BCUT2D eigenvalue weighted by atomic mass is 15.3. The van der Waals surface area contributed by atoms with E-state index in [1.165, 1.54) is 25.9 Å². The SMILES string of the molecule is CCN1CCC(n2nc(C)cc2N)CC1. The van der Waals surface area contributed by atoms with Crippen LogP contribution < -0.4 is 5.73 Å². The summed E-state index contributed by atoms with van der Waals surface area (Å²) in [5.74, 6) is 0.808. The fraction of sp³-hybridized carbons (Fsp3) is 0.727. The topological polar surface area (TPSA) is 47.1 Å². The highest BCUT2D eigenvalue weighted by molar-refractivity contribution is 5.30. The molecule has 15 heavy (non-hydrogen) atoms. The molecule has 0 atom stereocenters. The van der Waals surface area contributed by atoms with E-state index in [2.05, 4.69) is 16.9 Å². The van der Waals surface area contributed by atoms with Crippen molar-refractivity contribution in [2.45, 2.75) is 32.7 Å². The van der Waals surface area contributed by atoms with E-state index in [1.807, 2.05) is 17.7 Å². The van der Waals surface area contributed by atoms with Crippen molar-refractivity contribution in [3.05, 3.63) is 11.8 Å². The van der Waals surface area contributed by atoms with Gasteiger partial charge >= 0.3 is 0 Å². The Kier molecular flexibility index (Phi) is 2.95. The monoisotopic (exact) mass is 208 g/mol. The molecule has 1 aromatic heterocycles. The second-order valence-corrected chi connectivity index (χ2v) is 4.32. The van der Waals surface area contributed by atoms with Crippen LogP contribution in [0.3, 0.4) is 0 Å². The number of nitrogen functional groups attached to an aromatic ring is 1. The van der Waals surface area contributed by atoms with E-state index in [1.54, 1.807) is 0 Å². The largest absolute Gasteiger partial charge is 0.384 e. The Labute approximate surface area is 91.1 Å². The molecule has 0 spiro atoms. The summed E-state index contributed by atoms with van der Waals surface area (Å²) >= 11 is 0. The van der Waals surface area contributed by atoms with E-state index in [0.717, 1.165) is 18.1 Å². The summed E-state index contributed by atoms with van der Waals surface area (Å²) in [7, 11) is 0. The summed E-state index contributed by atoms with van der Waals surface area (Å²) in [5.41, 5.74) is 6.95. The molecule has 0 aromatic carbocycles. The molecule has 4 nitrogen and oxygen atoms in total. The first-order chi connectivity index (χ1) is 7.20. The number of rotatable bonds is 2. The van der Waals surface area contributed by atoms with Gasteiger partial charge in [0, 0.05) is 19.2 Å². The van der Waals surface area contributed by atoms with Crippen molar-refractivity contribution in [1.82, 2.24) is 14.7 Å². The molecular weight excluding hydrogens is 188 g/mol. The third kappa shape index (κ3) is 2.15. The van der Waals surface area contributed by atoms with Crippen LogP contribution in [0, 0.1) is 6.92 Å². The first kappa shape index (κ1) is 10.5. The van der Waals surface area contributed by atoms with Crippen molar-refractivity contribution in [2.75, 3.05) is 25.4 Å². The molecule has 2 rings (SSSR count). The minimum absolute atomic E-state index is 0.501. The smallest absolute Gasteiger partial charge is 0.122 e. The molecule has 4 heteroatoms. The fourth-order valence-electron chi connectivity index (χ4n) is 2.31. The van der Waals surface area contributed by atoms with Gasteiger partial charge in [-0.2, -0.15) is 5.10 Å². The third-order valence-electron chi connectivity index (χ3n) is 3.24. The van der Waals surface area contributed by atoms with Gasteiger partial charge < -0.3 is 10.6 Å². The van der Waals surface area contributed by atoms with Gasteiger partial charge in [0.05, 0.1) is 11.7 Å². The molecule has 0 radical (unpaired) electrons. The number of likely N-dealkylation sites (tertiary alicyclic amines) is 1. The van der Waals surface area contributed by atoms with E-state index in [0.29, 0.717) is 6.04 Å². The highest BCUT2D eigenvalue weighted by Gasteiger charge is 2.21. The Morgan fingerprint density at radius 3 is 2.60 bits per heavy atom. The summed E-state index contributed by atoms with van der Waals surface area (Å²) in [6.07, 6.45) is 2.33. The minimum atomic E-state index is 0.501. The van der Waals surface area contributed by atoms with Crippen molar-refractivity contribution < 1.29 is 0 Å². The molecular formula is C11H20N4. The minimum Gasteiger partial charge on any atom is -0.384 e. The summed E-state index contributed by atoms with van der Waals surface area (Å²) in [4.78, 5) is 2.48. The number of nitrogens with two attached hydrogens (primary N) is 1. The zero-order chi connectivity index (χ0) is 10.8. The number of nitrogens with zero attached hydrogens (tertiary/aromatic N) is 3. The highest BCUT2D eigenvalue weighted by Crippen LogP contribution is 2.24. The Morgan fingerprint density at radius 2 is 2.13 bits per heavy atom. The molecule has 0 amide bonds. The first-order valence-corrected chi connectivity index (χ1v) is 5.74. The second-order valence-electron chi connectivity index (χ2n) is 4.32. The molecule has 0 aliphatic carbocycles. The molecule has 1 aromatic rings. The van der Waals surface area contributed by atoms with Crippen LogP contribution in [-0.2, 0) is 0 Å². The van der Waals surface area contributed by atoms with Crippen LogP contribution in [0.15, 0.2) is 6.07 Å². The maximum absolute atomic E-state index is 5.93. The molecule has 84 valence electrons. The molecule has 0 unspecified atom stereocenters. The van der Waals surface area contributed by atoms with Crippen LogP contribution in [0.1, 0.15) is 31.5 Å². The first-order valence-electron chi connectivity index (χ1n) is 5.74. The van der Waals surface area contributed by atoms with Gasteiger partial charge in [-0.25, -0.2) is 4.68 Å². The van der Waals surface area contributed by atoms with Gasteiger partial charge in [0.2, 0.25) is 0 Å². The summed E-state index contributed by atoms with van der Waals surface area (Å²) in [6, 6.07) is 2.45. The Bertz CT molecular complexity index is 323. The lowest BCUT2D eigenvalue weighted by molar-refractivity contribution is 0.188. The Morgan fingerprint density at radius 1 is 1.47 bits per heavy atom. The lowest BCUT2D eigenvalue weighted by atomic mass is 10.1. The van der Waals surface area contributed by atoms with Gasteiger partial charge in [0.25, 0.3) is 0 Å². The van der Waals surface area contributed by atoms with E-state index in [9.17, 15) is 0 Å². The van der Waals surface area contributed by atoms with Crippen molar-refractivity contribution in [3.63, 3.8) is 0 Å². The average Bonchev–Trinajstić information content (AvgIpc) is 2.58. The van der Waals surface area contributed by atoms with Crippen LogP contribution >= 0.6 is 0 Å². The van der Waals surface area contributed by atoms with Crippen LogP contribution in [0.5, 0.6) is 0 Å². The zero-order valence-electron chi connectivity index (χ0n) is 9.61. The number of aromatic nitrogens is 2. The van der Waals surface area contributed by atoms with Crippen molar-refractivity contribution in [3.8, 4) is 0 Å². The Hall–Kier alpha value is -1.03. The maximum atomic E-state index is 5.93. The number of aryl methyl sites for hydroxylation is 1. The fourth-order valence-corrected chi connectivity index (χ4v) is 2.31. The van der Waals surface area contributed by atoms with Gasteiger partial charge in [0.15, 0.2) is 0 Å². The van der Waals surface area contributed by atoms with Crippen molar-refractivity contribution in [2.24, 2.45) is 0 Å². The number of hydrogen-bond donors (Lipinski definition) is 1. The molecule has 1 fully saturated rings. The van der Waals surface area contributed by atoms with Gasteiger partial charge in [-0.15, -0.1) is 0 Å². The number of piperidine rings is 1. The number of hydrogen-bond acceptors (Lipinski definition) is 3. The normalized spacial score (nSPS) is 19.6. The molecule has 2 heterocycles. The van der Waals surface area contributed by atoms with Crippen LogP contribution in [0.2, 0.25) is 0 Å². The summed E-state index contributed by atoms with van der Waals surface area (Å²) in [6.45, 7) is 7.69. The van der Waals surface area contributed by atoms with Gasteiger partial charge in [-0.3, -0.25) is 0 Å². The molecule has 0 saturated carbocycles. The molecule has 1 aliphatic heterocycles. The molecule has 2 N–H and O–H groups in total. The second kappa shape index (κ2) is 4.23. The van der Waals surface area contributed by atoms with Gasteiger partial charge in [-0.1, -0.05) is 6.92 Å². The lowest BCUT2D eigenvalue weighted by Gasteiger charge is -2.31. The third-order valence-corrected chi connectivity index (χ3v) is 3.24. The summed E-state index contributed by atoms with van der Waals surface area (Å²) in [5, 5.41) is 4.46. The average molecular weight is 208 g/mol. The number of anilines is 1. The lowest BCUT2D eigenvalue weighted by Crippen LogP contribution is -2.34. The Balaban J connectivity index is 2.04. The predicted molar refractivity (Wildman–Crippen MR) is 61.8 cm³/mol.